The van der Waals surface area contributed by atoms with Crippen LogP contribution in [-0.2, 0) is 14.8 Å². The first-order valence-corrected chi connectivity index (χ1v) is 10.4. The quantitative estimate of drug-likeness (QED) is 0.761. The van der Waals surface area contributed by atoms with Crippen LogP contribution in [0.2, 0.25) is 0 Å². The van der Waals surface area contributed by atoms with E-state index in [2.05, 4.69) is 11.8 Å². The summed E-state index contributed by atoms with van der Waals surface area (Å²) in [5.41, 5.74) is -0.0857. The van der Waals surface area contributed by atoms with Gasteiger partial charge in [0.1, 0.15) is 11.9 Å². The second kappa shape index (κ2) is 8.14. The van der Waals surface area contributed by atoms with E-state index in [0.717, 1.165) is 30.2 Å². The van der Waals surface area contributed by atoms with Crippen LogP contribution in [0.3, 0.4) is 0 Å². The molecule has 1 aliphatic rings. The Morgan fingerprint density at radius 2 is 1.80 bits per heavy atom. The predicted molar refractivity (Wildman–Crippen MR) is 96.5 cm³/mol. The van der Waals surface area contributed by atoms with E-state index in [-0.39, 0.29) is 18.0 Å². The van der Waals surface area contributed by atoms with Crippen LogP contribution in [-0.4, -0.2) is 69.1 Å². The van der Waals surface area contributed by atoms with Crippen molar-refractivity contribution in [3.63, 3.8) is 0 Å². The van der Waals surface area contributed by atoms with Crippen molar-refractivity contribution in [3.8, 4) is 0 Å². The fraction of sp³-hybridized carbons (Fsp3) is 0.588. The fourth-order valence-electron chi connectivity index (χ4n) is 3.14. The van der Waals surface area contributed by atoms with Crippen molar-refractivity contribution in [2.24, 2.45) is 0 Å². The average molecular weight is 371 g/mol. The number of hydrogen-bond acceptors (Lipinski definition) is 4. The minimum absolute atomic E-state index is 0.0857. The number of benzene rings is 1. The van der Waals surface area contributed by atoms with Gasteiger partial charge in [0.25, 0.3) is 0 Å². The van der Waals surface area contributed by atoms with Crippen molar-refractivity contribution in [2.75, 3.05) is 43.3 Å². The third-order valence-electron chi connectivity index (χ3n) is 4.53. The van der Waals surface area contributed by atoms with Gasteiger partial charge in [-0.1, -0.05) is 26.0 Å². The SMILES string of the molecule is CCC(C(=O)N1CCN(CC)CC1)N(c1ccccc1F)S(C)(=O)=O. The van der Waals surface area contributed by atoms with E-state index >= 15 is 0 Å². The van der Waals surface area contributed by atoms with Gasteiger partial charge in [-0.2, -0.15) is 0 Å². The largest absolute Gasteiger partial charge is 0.338 e. The molecule has 0 aliphatic carbocycles. The van der Waals surface area contributed by atoms with Crippen LogP contribution in [0.4, 0.5) is 10.1 Å². The lowest BCUT2D eigenvalue weighted by molar-refractivity contribution is -0.134. The molecule has 1 fully saturated rings. The lowest BCUT2D eigenvalue weighted by Crippen LogP contribution is -2.56. The van der Waals surface area contributed by atoms with Crippen LogP contribution in [0.15, 0.2) is 24.3 Å². The maximum Gasteiger partial charge on any atom is 0.246 e. The molecule has 1 unspecified atom stereocenters. The van der Waals surface area contributed by atoms with Crippen molar-refractivity contribution in [2.45, 2.75) is 26.3 Å². The van der Waals surface area contributed by atoms with E-state index in [1.807, 2.05) is 0 Å². The summed E-state index contributed by atoms with van der Waals surface area (Å²) in [6.45, 7) is 7.36. The molecule has 1 saturated heterocycles. The van der Waals surface area contributed by atoms with Crippen LogP contribution >= 0.6 is 0 Å². The molecule has 25 heavy (non-hydrogen) atoms. The maximum atomic E-state index is 14.2. The molecule has 1 heterocycles. The lowest BCUT2D eigenvalue weighted by Gasteiger charge is -2.38. The summed E-state index contributed by atoms with van der Waals surface area (Å²) in [7, 11) is -3.82. The standard InChI is InChI=1S/C17H26FN3O3S/c1-4-15(17(22)20-12-10-19(5-2)11-13-20)21(25(3,23)24)16-9-7-6-8-14(16)18/h6-9,15H,4-5,10-13H2,1-3H3. The van der Waals surface area contributed by atoms with Crippen molar-refractivity contribution in [3.05, 3.63) is 30.1 Å². The highest BCUT2D eigenvalue weighted by molar-refractivity contribution is 7.92. The monoisotopic (exact) mass is 371 g/mol. The molecule has 1 amide bonds. The Labute approximate surface area is 149 Å². The number of piperazine rings is 1. The highest BCUT2D eigenvalue weighted by atomic mass is 32.2. The summed E-state index contributed by atoms with van der Waals surface area (Å²) in [4.78, 5) is 16.9. The molecular formula is C17H26FN3O3S. The van der Waals surface area contributed by atoms with Crippen LogP contribution in [0.1, 0.15) is 20.3 Å². The number of sulfonamides is 1. The topological polar surface area (TPSA) is 60.9 Å². The second-order valence-electron chi connectivity index (χ2n) is 6.19. The van der Waals surface area contributed by atoms with Crippen LogP contribution < -0.4 is 4.31 Å². The predicted octanol–water partition coefficient (Wildman–Crippen LogP) is 1.53. The Balaban J connectivity index is 2.31. The molecule has 0 spiro atoms. The van der Waals surface area contributed by atoms with Gasteiger partial charge >= 0.3 is 0 Å². The number of likely N-dealkylation sites (N-methyl/N-ethyl adjacent to an activating group) is 1. The molecule has 1 aliphatic heterocycles. The van der Waals surface area contributed by atoms with Gasteiger partial charge in [0.05, 0.1) is 11.9 Å². The van der Waals surface area contributed by atoms with Crippen molar-refractivity contribution < 1.29 is 17.6 Å². The van der Waals surface area contributed by atoms with Crippen molar-refractivity contribution in [1.29, 1.82) is 0 Å². The number of anilines is 1. The number of nitrogens with zero attached hydrogens (tertiary/aromatic N) is 3. The first-order chi connectivity index (χ1) is 11.8. The van der Waals surface area contributed by atoms with E-state index in [1.54, 1.807) is 17.9 Å². The summed E-state index contributed by atoms with van der Waals surface area (Å²) >= 11 is 0. The highest BCUT2D eigenvalue weighted by Gasteiger charge is 2.36. The zero-order valence-corrected chi connectivity index (χ0v) is 15.8. The van der Waals surface area contributed by atoms with E-state index in [0.29, 0.717) is 13.1 Å². The van der Waals surface area contributed by atoms with Gasteiger partial charge < -0.3 is 9.80 Å². The number of hydrogen-bond donors (Lipinski definition) is 0. The number of para-hydroxylation sites is 1. The summed E-state index contributed by atoms with van der Waals surface area (Å²) in [6, 6.07) is 4.70. The van der Waals surface area contributed by atoms with E-state index in [4.69, 9.17) is 0 Å². The number of rotatable bonds is 6. The Hall–Kier alpha value is -1.67. The number of amides is 1. The molecule has 0 saturated carbocycles. The second-order valence-corrected chi connectivity index (χ2v) is 8.05. The number of carbonyl (C=O) groups is 1. The zero-order chi connectivity index (χ0) is 18.6. The molecular weight excluding hydrogens is 345 g/mol. The Kier molecular flexibility index (Phi) is 6.40. The minimum Gasteiger partial charge on any atom is -0.338 e. The first-order valence-electron chi connectivity index (χ1n) is 8.54. The summed E-state index contributed by atoms with van der Waals surface area (Å²) in [6.07, 6.45) is 1.28. The third kappa shape index (κ3) is 4.49. The summed E-state index contributed by atoms with van der Waals surface area (Å²) in [5, 5.41) is 0. The lowest BCUT2D eigenvalue weighted by atomic mass is 10.1. The normalized spacial score (nSPS) is 17.4. The molecule has 140 valence electrons. The van der Waals surface area contributed by atoms with Gasteiger partial charge in [0.2, 0.25) is 15.9 Å². The Bertz CT molecular complexity index is 703. The molecule has 8 heteroatoms. The first kappa shape index (κ1) is 19.7. The van der Waals surface area contributed by atoms with Crippen LogP contribution in [0, 0.1) is 5.82 Å². The van der Waals surface area contributed by atoms with E-state index in [9.17, 15) is 17.6 Å². The third-order valence-corrected chi connectivity index (χ3v) is 5.70. The number of halogens is 1. The minimum atomic E-state index is -3.82. The van der Waals surface area contributed by atoms with Gasteiger partial charge in [0, 0.05) is 26.2 Å². The molecule has 0 bridgehead atoms. The van der Waals surface area contributed by atoms with E-state index in [1.165, 1.54) is 18.2 Å². The highest BCUT2D eigenvalue weighted by Crippen LogP contribution is 2.26. The molecule has 6 nitrogen and oxygen atoms in total. The fourth-order valence-corrected chi connectivity index (χ4v) is 4.35. The summed E-state index contributed by atoms with van der Waals surface area (Å²) < 4.78 is 39.9. The smallest absolute Gasteiger partial charge is 0.246 e. The number of carbonyl (C=O) groups excluding carboxylic acids is 1. The molecule has 2 rings (SSSR count). The van der Waals surface area contributed by atoms with Gasteiger partial charge in [-0.3, -0.25) is 9.10 Å². The van der Waals surface area contributed by atoms with Gasteiger partial charge in [-0.15, -0.1) is 0 Å². The maximum absolute atomic E-state index is 14.2. The molecule has 0 radical (unpaired) electrons. The zero-order valence-electron chi connectivity index (χ0n) is 15.0. The molecule has 1 aromatic carbocycles. The van der Waals surface area contributed by atoms with Crippen molar-refractivity contribution >= 4 is 21.6 Å². The molecule has 0 N–H and O–H groups in total. The Morgan fingerprint density at radius 1 is 1.20 bits per heavy atom. The summed E-state index contributed by atoms with van der Waals surface area (Å²) in [5.74, 6) is -0.929. The van der Waals surface area contributed by atoms with Gasteiger partial charge in [0.15, 0.2) is 0 Å². The van der Waals surface area contributed by atoms with Crippen molar-refractivity contribution in [1.82, 2.24) is 9.80 Å². The van der Waals surface area contributed by atoms with Gasteiger partial charge in [-0.05, 0) is 25.1 Å². The van der Waals surface area contributed by atoms with E-state index < -0.39 is 21.9 Å². The van der Waals surface area contributed by atoms with Crippen LogP contribution in [0.5, 0.6) is 0 Å². The average Bonchev–Trinajstić information content (AvgIpc) is 2.59. The molecule has 1 atom stereocenters. The van der Waals surface area contributed by atoms with Crippen LogP contribution in [0.25, 0.3) is 0 Å². The molecule has 0 aromatic heterocycles. The Morgan fingerprint density at radius 3 is 2.28 bits per heavy atom. The van der Waals surface area contributed by atoms with Gasteiger partial charge in [-0.25, -0.2) is 12.8 Å². The molecule has 1 aromatic rings.